The van der Waals surface area contributed by atoms with Crippen molar-refractivity contribution in [3.05, 3.63) is 11.9 Å². The number of amides is 1. The van der Waals surface area contributed by atoms with Crippen molar-refractivity contribution >= 4 is 5.91 Å². The zero-order valence-electron chi connectivity index (χ0n) is 12.2. The molecule has 2 rings (SSSR count). The fourth-order valence-corrected chi connectivity index (χ4v) is 2.37. The average Bonchev–Trinajstić information content (AvgIpc) is 2.85. The Balaban J connectivity index is 1.95. The van der Waals surface area contributed by atoms with Crippen LogP contribution < -0.4 is 0 Å². The number of hydrogen-bond acceptors (Lipinski definition) is 5. The van der Waals surface area contributed by atoms with Crippen molar-refractivity contribution in [2.75, 3.05) is 13.1 Å². The van der Waals surface area contributed by atoms with Crippen LogP contribution in [0, 0.1) is 0 Å². The molecule has 1 aromatic heterocycles. The quantitative estimate of drug-likeness (QED) is 0.862. The van der Waals surface area contributed by atoms with E-state index in [2.05, 4.69) is 10.3 Å². The van der Waals surface area contributed by atoms with Gasteiger partial charge in [0.15, 0.2) is 0 Å². The van der Waals surface area contributed by atoms with Gasteiger partial charge in [0.1, 0.15) is 12.2 Å². The monoisotopic (exact) mass is 282 g/mol. The lowest BCUT2D eigenvalue weighted by molar-refractivity contribution is -0.144. The first-order chi connectivity index (χ1) is 9.49. The Bertz CT molecular complexity index is 452. The summed E-state index contributed by atoms with van der Waals surface area (Å²) in [7, 11) is 0. The molecule has 0 spiro atoms. The van der Waals surface area contributed by atoms with Crippen molar-refractivity contribution in [1.82, 2.24) is 19.9 Å². The van der Waals surface area contributed by atoms with E-state index in [0.29, 0.717) is 25.2 Å². The second-order valence-electron chi connectivity index (χ2n) is 5.32. The number of hydrogen-bond donors (Lipinski definition) is 1. The standard InChI is InChI=1S/C13H22N4O3/c1-4-12(18)11-7-17(15-14-11)8-13(19)16-5-9(2)20-10(3)6-16/h7,9-10,12,18H,4-6,8H2,1-3H3. The molecule has 1 aliphatic heterocycles. The van der Waals surface area contributed by atoms with E-state index in [-0.39, 0.29) is 24.7 Å². The number of aliphatic hydroxyl groups is 1. The molecule has 1 saturated heterocycles. The Kier molecular flexibility index (Phi) is 4.72. The fraction of sp³-hybridized carbons (Fsp3) is 0.769. The van der Waals surface area contributed by atoms with Gasteiger partial charge in [0.25, 0.3) is 0 Å². The molecule has 1 aromatic rings. The van der Waals surface area contributed by atoms with Crippen LogP contribution in [0.5, 0.6) is 0 Å². The smallest absolute Gasteiger partial charge is 0.244 e. The summed E-state index contributed by atoms with van der Waals surface area (Å²) >= 11 is 0. The predicted octanol–water partition coefficient (Wildman–Crippen LogP) is 0.357. The van der Waals surface area contributed by atoms with E-state index in [1.165, 1.54) is 4.68 Å². The van der Waals surface area contributed by atoms with Crippen LogP contribution >= 0.6 is 0 Å². The Hall–Kier alpha value is -1.47. The van der Waals surface area contributed by atoms with Crippen LogP contribution in [0.15, 0.2) is 6.20 Å². The summed E-state index contributed by atoms with van der Waals surface area (Å²) < 4.78 is 7.08. The van der Waals surface area contributed by atoms with Gasteiger partial charge in [0.05, 0.1) is 24.5 Å². The second-order valence-corrected chi connectivity index (χ2v) is 5.32. The topological polar surface area (TPSA) is 80.5 Å². The molecule has 1 fully saturated rings. The molecule has 1 amide bonds. The molecule has 0 bridgehead atoms. The molecule has 2 heterocycles. The molecule has 20 heavy (non-hydrogen) atoms. The molecule has 1 aliphatic rings. The van der Waals surface area contributed by atoms with Crippen LogP contribution in [-0.4, -0.2) is 56.2 Å². The maximum atomic E-state index is 12.2. The highest BCUT2D eigenvalue weighted by molar-refractivity contribution is 5.76. The van der Waals surface area contributed by atoms with Gasteiger partial charge in [-0.15, -0.1) is 5.10 Å². The van der Waals surface area contributed by atoms with Crippen molar-refractivity contribution in [2.45, 2.75) is 52.0 Å². The largest absolute Gasteiger partial charge is 0.387 e. The number of ether oxygens (including phenoxy) is 1. The van der Waals surface area contributed by atoms with Gasteiger partial charge in [-0.3, -0.25) is 4.79 Å². The molecule has 112 valence electrons. The van der Waals surface area contributed by atoms with Gasteiger partial charge >= 0.3 is 0 Å². The molecule has 7 heteroatoms. The lowest BCUT2D eigenvalue weighted by Gasteiger charge is -2.35. The lowest BCUT2D eigenvalue weighted by Crippen LogP contribution is -2.49. The third-order valence-electron chi connectivity index (χ3n) is 3.35. The highest BCUT2D eigenvalue weighted by Crippen LogP contribution is 2.13. The normalized spacial score (nSPS) is 24.7. The van der Waals surface area contributed by atoms with Gasteiger partial charge in [-0.05, 0) is 20.3 Å². The third-order valence-corrected chi connectivity index (χ3v) is 3.35. The van der Waals surface area contributed by atoms with Gasteiger partial charge in [-0.25, -0.2) is 4.68 Å². The van der Waals surface area contributed by atoms with Gasteiger partial charge in [-0.2, -0.15) is 0 Å². The van der Waals surface area contributed by atoms with Gasteiger partial charge in [0.2, 0.25) is 5.91 Å². The van der Waals surface area contributed by atoms with Crippen LogP contribution in [0.25, 0.3) is 0 Å². The first kappa shape index (κ1) is 14.9. The minimum absolute atomic E-state index is 0.00515. The molecule has 1 N–H and O–H groups in total. The highest BCUT2D eigenvalue weighted by atomic mass is 16.5. The van der Waals surface area contributed by atoms with E-state index in [0.717, 1.165) is 0 Å². The van der Waals surface area contributed by atoms with Crippen molar-refractivity contribution in [2.24, 2.45) is 0 Å². The van der Waals surface area contributed by atoms with E-state index in [4.69, 9.17) is 4.74 Å². The number of morpholine rings is 1. The van der Waals surface area contributed by atoms with Gasteiger partial charge < -0.3 is 14.7 Å². The number of carbonyl (C=O) groups is 1. The molecule has 3 unspecified atom stereocenters. The molecule has 0 aliphatic carbocycles. The molecule has 0 saturated carbocycles. The first-order valence-corrected chi connectivity index (χ1v) is 7.01. The van der Waals surface area contributed by atoms with E-state index in [1.807, 2.05) is 20.8 Å². The van der Waals surface area contributed by atoms with Crippen molar-refractivity contribution in [3.8, 4) is 0 Å². The predicted molar refractivity (Wildman–Crippen MR) is 71.9 cm³/mol. The number of aromatic nitrogens is 3. The first-order valence-electron chi connectivity index (χ1n) is 7.01. The molecule has 7 nitrogen and oxygen atoms in total. The summed E-state index contributed by atoms with van der Waals surface area (Å²) in [6.07, 6.45) is 1.68. The molecular weight excluding hydrogens is 260 g/mol. The van der Waals surface area contributed by atoms with E-state index < -0.39 is 6.10 Å². The Morgan fingerprint density at radius 3 is 2.75 bits per heavy atom. The number of nitrogens with zero attached hydrogens (tertiary/aromatic N) is 4. The minimum atomic E-state index is -0.623. The molecular formula is C13H22N4O3. The maximum Gasteiger partial charge on any atom is 0.244 e. The zero-order valence-corrected chi connectivity index (χ0v) is 12.2. The maximum absolute atomic E-state index is 12.2. The Morgan fingerprint density at radius 2 is 2.15 bits per heavy atom. The molecule has 0 radical (unpaired) electrons. The summed E-state index contributed by atoms with van der Waals surface area (Å²) in [6.45, 7) is 7.13. The van der Waals surface area contributed by atoms with Crippen LogP contribution in [0.3, 0.4) is 0 Å². The summed E-state index contributed by atoms with van der Waals surface area (Å²) in [5, 5.41) is 17.4. The Morgan fingerprint density at radius 1 is 1.50 bits per heavy atom. The summed E-state index contributed by atoms with van der Waals surface area (Å²) in [5.41, 5.74) is 0.504. The highest BCUT2D eigenvalue weighted by Gasteiger charge is 2.26. The molecule has 0 aromatic carbocycles. The van der Waals surface area contributed by atoms with Gasteiger partial charge in [0, 0.05) is 13.1 Å². The molecule has 3 atom stereocenters. The second kappa shape index (κ2) is 6.32. The summed E-state index contributed by atoms with van der Waals surface area (Å²) in [6, 6.07) is 0. The summed E-state index contributed by atoms with van der Waals surface area (Å²) in [4.78, 5) is 14.0. The van der Waals surface area contributed by atoms with E-state index in [1.54, 1.807) is 11.1 Å². The van der Waals surface area contributed by atoms with Crippen molar-refractivity contribution < 1.29 is 14.6 Å². The van der Waals surface area contributed by atoms with E-state index in [9.17, 15) is 9.90 Å². The number of carbonyl (C=O) groups excluding carboxylic acids is 1. The number of aliphatic hydroxyl groups excluding tert-OH is 1. The minimum Gasteiger partial charge on any atom is -0.387 e. The van der Waals surface area contributed by atoms with Crippen molar-refractivity contribution in [3.63, 3.8) is 0 Å². The SMILES string of the molecule is CCC(O)c1cn(CC(=O)N2CC(C)OC(C)C2)nn1. The van der Waals surface area contributed by atoms with Gasteiger partial charge in [-0.1, -0.05) is 12.1 Å². The van der Waals surface area contributed by atoms with Crippen LogP contribution in [0.2, 0.25) is 0 Å². The summed E-state index contributed by atoms with van der Waals surface area (Å²) in [5.74, 6) is -0.00515. The van der Waals surface area contributed by atoms with Crippen LogP contribution in [0.4, 0.5) is 0 Å². The third kappa shape index (κ3) is 3.55. The fourth-order valence-electron chi connectivity index (χ4n) is 2.37. The zero-order chi connectivity index (χ0) is 14.7. The lowest BCUT2D eigenvalue weighted by atomic mass is 10.2. The number of rotatable bonds is 4. The van der Waals surface area contributed by atoms with Crippen LogP contribution in [0.1, 0.15) is 39.0 Å². The Labute approximate surface area is 118 Å². The van der Waals surface area contributed by atoms with Crippen LogP contribution in [-0.2, 0) is 16.1 Å². The van der Waals surface area contributed by atoms with E-state index >= 15 is 0 Å². The average molecular weight is 282 g/mol. The van der Waals surface area contributed by atoms with Crippen molar-refractivity contribution in [1.29, 1.82) is 0 Å².